The minimum Gasteiger partial charge on any atom is -0.489 e. The smallest absolute Gasteiger partial charge is 0.231 e. The lowest BCUT2D eigenvalue weighted by Crippen LogP contribution is -2.07. The first-order valence-corrected chi connectivity index (χ1v) is 6.70. The van der Waals surface area contributed by atoms with Gasteiger partial charge in [0.1, 0.15) is 18.2 Å². The Morgan fingerprint density at radius 2 is 2.00 bits per heavy atom. The molecule has 1 heterocycles. The predicted octanol–water partition coefficient (Wildman–Crippen LogP) is 2.85. The predicted molar refractivity (Wildman–Crippen MR) is 76.1 cm³/mol. The Kier molecular flexibility index (Phi) is 3.92. The Labute approximate surface area is 122 Å². The van der Waals surface area contributed by atoms with Crippen molar-refractivity contribution in [3.8, 4) is 17.2 Å². The van der Waals surface area contributed by atoms with Gasteiger partial charge >= 0.3 is 0 Å². The number of benzene rings is 2. The first-order valence-electron chi connectivity index (χ1n) is 6.70. The molecule has 0 atom stereocenters. The van der Waals surface area contributed by atoms with Gasteiger partial charge in [0.05, 0.1) is 0 Å². The van der Waals surface area contributed by atoms with Gasteiger partial charge < -0.3 is 19.5 Å². The molecule has 4 nitrogen and oxygen atoms in total. The molecule has 1 aliphatic heterocycles. The van der Waals surface area contributed by atoms with Crippen molar-refractivity contribution >= 4 is 0 Å². The van der Waals surface area contributed by atoms with Gasteiger partial charge in [-0.25, -0.2) is 4.39 Å². The van der Waals surface area contributed by atoms with Crippen molar-refractivity contribution in [3.05, 3.63) is 53.3 Å². The highest BCUT2D eigenvalue weighted by molar-refractivity contribution is 5.46. The third-order valence-corrected chi connectivity index (χ3v) is 3.23. The maximum Gasteiger partial charge on any atom is 0.231 e. The number of nitrogens with one attached hydrogen (secondary N) is 1. The molecule has 21 heavy (non-hydrogen) atoms. The van der Waals surface area contributed by atoms with Crippen LogP contribution < -0.4 is 19.5 Å². The molecule has 5 heteroatoms. The third kappa shape index (κ3) is 3.08. The second-order valence-electron chi connectivity index (χ2n) is 4.76. The highest BCUT2D eigenvalue weighted by Crippen LogP contribution is 2.35. The Hall–Kier alpha value is -2.27. The highest BCUT2D eigenvalue weighted by Gasteiger charge is 2.14. The molecule has 3 rings (SSSR count). The van der Waals surface area contributed by atoms with E-state index in [2.05, 4.69) is 5.32 Å². The molecule has 0 amide bonds. The summed E-state index contributed by atoms with van der Waals surface area (Å²) in [5, 5.41) is 3.04. The Morgan fingerprint density at radius 3 is 2.86 bits per heavy atom. The lowest BCUT2D eigenvalue weighted by Gasteiger charge is -2.09. The molecule has 0 bridgehead atoms. The summed E-state index contributed by atoms with van der Waals surface area (Å²) in [6.07, 6.45) is 0. The zero-order chi connectivity index (χ0) is 14.7. The SMILES string of the molecule is CNCc1ccc(F)c(COc2ccc3c(c2)OCO3)c1. The van der Waals surface area contributed by atoms with Gasteiger partial charge in [-0.3, -0.25) is 0 Å². The van der Waals surface area contributed by atoms with Crippen molar-refractivity contribution in [1.29, 1.82) is 0 Å². The summed E-state index contributed by atoms with van der Waals surface area (Å²) in [7, 11) is 1.85. The summed E-state index contributed by atoms with van der Waals surface area (Å²) >= 11 is 0. The highest BCUT2D eigenvalue weighted by atomic mass is 19.1. The number of hydrogen-bond donors (Lipinski definition) is 1. The Balaban J connectivity index is 1.71. The molecule has 0 aromatic heterocycles. The quantitative estimate of drug-likeness (QED) is 0.919. The minimum atomic E-state index is -0.268. The first-order chi connectivity index (χ1) is 10.3. The van der Waals surface area contributed by atoms with Crippen molar-refractivity contribution in [2.45, 2.75) is 13.2 Å². The molecule has 1 N–H and O–H groups in total. The van der Waals surface area contributed by atoms with E-state index < -0.39 is 0 Å². The number of hydrogen-bond acceptors (Lipinski definition) is 4. The van der Waals surface area contributed by atoms with Crippen LogP contribution in [0.15, 0.2) is 36.4 Å². The van der Waals surface area contributed by atoms with Crippen LogP contribution in [0.4, 0.5) is 4.39 Å². The van der Waals surface area contributed by atoms with E-state index in [1.54, 1.807) is 30.3 Å². The van der Waals surface area contributed by atoms with Crippen molar-refractivity contribution in [1.82, 2.24) is 5.32 Å². The fraction of sp³-hybridized carbons (Fsp3) is 0.250. The maximum atomic E-state index is 13.8. The van der Waals surface area contributed by atoms with E-state index in [-0.39, 0.29) is 19.2 Å². The first kappa shape index (κ1) is 13.7. The fourth-order valence-corrected chi connectivity index (χ4v) is 2.18. The molecule has 110 valence electrons. The average Bonchev–Trinajstić information content (AvgIpc) is 2.95. The van der Waals surface area contributed by atoms with E-state index in [1.807, 2.05) is 7.05 Å². The van der Waals surface area contributed by atoms with E-state index in [0.717, 1.165) is 5.56 Å². The van der Waals surface area contributed by atoms with E-state index in [9.17, 15) is 4.39 Å². The number of rotatable bonds is 5. The van der Waals surface area contributed by atoms with Crippen LogP contribution in [0.5, 0.6) is 17.2 Å². The number of fused-ring (bicyclic) bond motifs is 1. The van der Waals surface area contributed by atoms with Crippen molar-refractivity contribution in [3.63, 3.8) is 0 Å². The lowest BCUT2D eigenvalue weighted by atomic mass is 10.1. The molecular formula is C16H16FNO3. The summed E-state index contributed by atoms with van der Waals surface area (Å²) in [6, 6.07) is 10.3. The molecule has 0 aliphatic carbocycles. The Morgan fingerprint density at radius 1 is 1.14 bits per heavy atom. The summed E-state index contributed by atoms with van der Waals surface area (Å²) in [4.78, 5) is 0. The monoisotopic (exact) mass is 289 g/mol. The van der Waals surface area contributed by atoms with Crippen molar-refractivity contribution in [2.75, 3.05) is 13.8 Å². The second-order valence-corrected chi connectivity index (χ2v) is 4.76. The van der Waals surface area contributed by atoms with Gasteiger partial charge in [0.25, 0.3) is 0 Å². The summed E-state index contributed by atoms with van der Waals surface area (Å²) < 4.78 is 29.9. The van der Waals surface area contributed by atoms with Crippen LogP contribution in [0.3, 0.4) is 0 Å². The van der Waals surface area contributed by atoms with Gasteiger partial charge in [0, 0.05) is 18.2 Å². The summed E-state index contributed by atoms with van der Waals surface area (Å²) in [5.74, 6) is 1.70. The Bertz CT molecular complexity index is 645. The van der Waals surface area contributed by atoms with Crippen LogP contribution in [0, 0.1) is 5.82 Å². The molecule has 0 saturated carbocycles. The number of halogens is 1. The zero-order valence-electron chi connectivity index (χ0n) is 11.7. The van der Waals surface area contributed by atoms with Crippen LogP contribution >= 0.6 is 0 Å². The summed E-state index contributed by atoms with van der Waals surface area (Å²) in [5.41, 5.74) is 1.55. The van der Waals surface area contributed by atoms with Gasteiger partial charge in [-0.05, 0) is 36.9 Å². The molecule has 0 saturated heterocycles. The van der Waals surface area contributed by atoms with Crippen molar-refractivity contribution < 1.29 is 18.6 Å². The van der Waals surface area contributed by atoms with Gasteiger partial charge in [-0.15, -0.1) is 0 Å². The standard InChI is InChI=1S/C16H16FNO3/c1-18-8-11-2-4-14(17)12(6-11)9-19-13-3-5-15-16(7-13)21-10-20-15/h2-7,18H,8-10H2,1H3. The zero-order valence-corrected chi connectivity index (χ0v) is 11.7. The molecule has 0 radical (unpaired) electrons. The molecular weight excluding hydrogens is 273 g/mol. The van der Waals surface area contributed by atoms with E-state index in [4.69, 9.17) is 14.2 Å². The molecule has 0 unspecified atom stereocenters. The van der Waals surface area contributed by atoms with Crippen LogP contribution in [0.25, 0.3) is 0 Å². The fourth-order valence-electron chi connectivity index (χ4n) is 2.18. The van der Waals surface area contributed by atoms with Gasteiger partial charge in [0.2, 0.25) is 6.79 Å². The molecule has 2 aromatic rings. The van der Waals surface area contributed by atoms with Crippen LogP contribution in [0.2, 0.25) is 0 Å². The van der Waals surface area contributed by atoms with Crippen molar-refractivity contribution in [2.24, 2.45) is 0 Å². The van der Waals surface area contributed by atoms with E-state index >= 15 is 0 Å². The molecule has 2 aromatic carbocycles. The van der Waals surface area contributed by atoms with Gasteiger partial charge in [-0.2, -0.15) is 0 Å². The van der Waals surface area contributed by atoms with Crippen LogP contribution in [0.1, 0.15) is 11.1 Å². The summed E-state index contributed by atoms with van der Waals surface area (Å²) in [6.45, 7) is 1.08. The van der Waals surface area contributed by atoms with Crippen LogP contribution in [-0.2, 0) is 13.2 Å². The second kappa shape index (κ2) is 6.01. The molecule has 0 spiro atoms. The maximum absolute atomic E-state index is 13.8. The largest absolute Gasteiger partial charge is 0.489 e. The molecule has 0 fully saturated rings. The van der Waals surface area contributed by atoms with Gasteiger partial charge in [-0.1, -0.05) is 6.07 Å². The average molecular weight is 289 g/mol. The minimum absolute atomic E-state index is 0.170. The normalized spacial score (nSPS) is 12.5. The van der Waals surface area contributed by atoms with E-state index in [0.29, 0.717) is 29.4 Å². The topological polar surface area (TPSA) is 39.7 Å². The lowest BCUT2D eigenvalue weighted by molar-refractivity contribution is 0.173. The van der Waals surface area contributed by atoms with E-state index in [1.165, 1.54) is 6.07 Å². The third-order valence-electron chi connectivity index (χ3n) is 3.23. The van der Waals surface area contributed by atoms with Crippen LogP contribution in [-0.4, -0.2) is 13.8 Å². The van der Waals surface area contributed by atoms with Gasteiger partial charge in [0.15, 0.2) is 11.5 Å². The molecule has 1 aliphatic rings. The number of ether oxygens (including phenoxy) is 3.